The highest BCUT2D eigenvalue weighted by molar-refractivity contribution is 6.00. The molecule has 11 rings (SSSR count). The van der Waals surface area contributed by atoms with E-state index in [-0.39, 0.29) is 5.41 Å². The van der Waals surface area contributed by atoms with Gasteiger partial charge in [0.2, 0.25) is 0 Å². The van der Waals surface area contributed by atoms with Gasteiger partial charge in [-0.1, -0.05) is 152 Å². The van der Waals surface area contributed by atoms with Crippen LogP contribution in [0.5, 0.6) is 11.5 Å². The molecule has 0 N–H and O–H groups in total. The first-order chi connectivity index (χ1) is 24.7. The molecule has 1 unspecified atom stereocenters. The van der Waals surface area contributed by atoms with Gasteiger partial charge in [-0.25, -0.2) is 0 Å². The summed E-state index contributed by atoms with van der Waals surface area (Å²) in [6.45, 7) is 2.34. The van der Waals surface area contributed by atoms with Crippen molar-refractivity contribution in [2.75, 3.05) is 0 Å². The van der Waals surface area contributed by atoms with Crippen molar-refractivity contribution in [3.8, 4) is 44.9 Å². The van der Waals surface area contributed by atoms with Gasteiger partial charge in [0.15, 0.2) is 0 Å². The number of rotatable bonds is 2. The van der Waals surface area contributed by atoms with Gasteiger partial charge in [-0.2, -0.15) is 0 Å². The van der Waals surface area contributed by atoms with Crippen LogP contribution in [0.4, 0.5) is 0 Å². The molecule has 1 heterocycles. The Bertz CT molecular complexity index is 2660. The topological polar surface area (TPSA) is 9.23 Å². The Morgan fingerprint density at radius 3 is 1.70 bits per heavy atom. The molecule has 1 heteroatoms. The number of fused-ring (bicyclic) bond motifs is 13. The quantitative estimate of drug-likeness (QED) is 0.183. The van der Waals surface area contributed by atoms with Crippen LogP contribution >= 0.6 is 0 Å². The lowest BCUT2D eigenvalue weighted by molar-refractivity contribution is 0.429. The first-order valence-corrected chi connectivity index (χ1v) is 17.5. The number of hydrogen-bond acceptors (Lipinski definition) is 1. The lowest BCUT2D eigenvalue weighted by atomic mass is 9.68. The molecule has 1 nitrogen and oxygen atoms in total. The van der Waals surface area contributed by atoms with E-state index >= 15 is 0 Å². The summed E-state index contributed by atoms with van der Waals surface area (Å²) >= 11 is 0. The van der Waals surface area contributed by atoms with Crippen molar-refractivity contribution in [2.24, 2.45) is 0 Å². The molecule has 0 amide bonds. The summed E-state index contributed by atoms with van der Waals surface area (Å²) in [7, 11) is 0. The zero-order valence-corrected chi connectivity index (χ0v) is 27.7. The molecule has 50 heavy (non-hydrogen) atoms. The van der Waals surface area contributed by atoms with Gasteiger partial charge in [-0.05, 0) is 97.6 Å². The molecule has 0 fully saturated rings. The van der Waals surface area contributed by atoms with Gasteiger partial charge in [0.25, 0.3) is 0 Å². The molecule has 8 aromatic carbocycles. The minimum absolute atomic E-state index is 0.376. The van der Waals surface area contributed by atoms with E-state index in [1.807, 2.05) is 0 Å². The minimum Gasteiger partial charge on any atom is -0.456 e. The monoisotopic (exact) mass is 636 g/mol. The average Bonchev–Trinajstić information content (AvgIpc) is 3.64. The van der Waals surface area contributed by atoms with Crippen molar-refractivity contribution in [1.82, 2.24) is 0 Å². The van der Waals surface area contributed by atoms with Crippen molar-refractivity contribution >= 4 is 10.8 Å². The molecular weight excluding hydrogens is 605 g/mol. The number of hydrogen-bond donors (Lipinski definition) is 0. The van der Waals surface area contributed by atoms with Crippen molar-refractivity contribution < 1.29 is 4.74 Å². The highest BCUT2D eigenvalue weighted by Crippen LogP contribution is 2.64. The largest absolute Gasteiger partial charge is 0.456 e. The molecule has 1 spiro atoms. The van der Waals surface area contributed by atoms with E-state index in [0.29, 0.717) is 0 Å². The fourth-order valence-corrected chi connectivity index (χ4v) is 9.57. The van der Waals surface area contributed by atoms with Gasteiger partial charge < -0.3 is 4.74 Å². The Morgan fingerprint density at radius 2 is 0.940 bits per heavy atom. The molecule has 234 valence electrons. The highest BCUT2D eigenvalue weighted by atomic mass is 16.5. The van der Waals surface area contributed by atoms with E-state index in [1.54, 1.807) is 0 Å². The van der Waals surface area contributed by atoms with Crippen molar-refractivity contribution in [2.45, 2.75) is 17.8 Å². The van der Waals surface area contributed by atoms with Crippen LogP contribution in [0, 0.1) is 0 Å². The third kappa shape index (κ3) is 3.42. The van der Waals surface area contributed by atoms with Crippen LogP contribution in [-0.2, 0) is 10.8 Å². The molecule has 0 radical (unpaired) electrons. The van der Waals surface area contributed by atoms with E-state index in [1.165, 1.54) is 72.0 Å². The molecule has 3 aliphatic rings. The molecule has 1 aliphatic heterocycles. The highest BCUT2D eigenvalue weighted by Gasteiger charge is 2.52. The smallest absolute Gasteiger partial charge is 0.139 e. The van der Waals surface area contributed by atoms with E-state index in [4.69, 9.17) is 4.74 Å². The van der Waals surface area contributed by atoms with E-state index in [2.05, 4.69) is 183 Å². The van der Waals surface area contributed by atoms with Crippen molar-refractivity contribution in [1.29, 1.82) is 0 Å². The molecule has 0 saturated carbocycles. The fourth-order valence-electron chi connectivity index (χ4n) is 9.57. The SMILES string of the molecule is CC1(c2ccccc2)c2ccccc2Oc2c(-c3ccc4c(c3)C3(c5ccccc5-c5ccccc53)c3cc5ccccc5cc3-4)cccc21. The standard InChI is InChI=1S/C49H32O/c1-48(34-16-3-2-4-17-34)42-23-11-12-25-46(42)50-47-35(20-13-24-43(47)48)33-26-27-38-39-28-31-14-5-6-15-32(31)29-45(39)49(44(38)30-33)40-21-9-7-18-36(40)37-19-8-10-22-41(37)49/h2-30H,1H3. The summed E-state index contributed by atoms with van der Waals surface area (Å²) in [5, 5.41) is 2.53. The van der Waals surface area contributed by atoms with E-state index < -0.39 is 5.41 Å². The van der Waals surface area contributed by atoms with Gasteiger partial charge in [0.1, 0.15) is 11.5 Å². The van der Waals surface area contributed by atoms with Gasteiger partial charge in [0.05, 0.1) is 5.41 Å². The lowest BCUT2D eigenvalue weighted by Gasteiger charge is -2.39. The first kappa shape index (κ1) is 27.7. The second-order valence-corrected chi connectivity index (χ2v) is 14.1. The first-order valence-electron chi connectivity index (χ1n) is 17.5. The molecule has 2 aliphatic carbocycles. The van der Waals surface area contributed by atoms with Gasteiger partial charge in [-0.15, -0.1) is 0 Å². The maximum absolute atomic E-state index is 6.94. The van der Waals surface area contributed by atoms with Crippen LogP contribution in [0.15, 0.2) is 176 Å². The summed E-state index contributed by atoms with van der Waals surface area (Å²) in [5.41, 5.74) is 15.7. The summed E-state index contributed by atoms with van der Waals surface area (Å²) < 4.78 is 6.94. The normalized spacial score (nSPS) is 16.9. The predicted molar refractivity (Wildman–Crippen MR) is 204 cm³/mol. The molecule has 0 aromatic heterocycles. The Hall–Kier alpha value is -6.18. The van der Waals surface area contributed by atoms with Crippen molar-refractivity contribution in [3.05, 3.63) is 215 Å². The zero-order valence-electron chi connectivity index (χ0n) is 27.7. The Kier molecular flexibility index (Phi) is 5.51. The summed E-state index contributed by atoms with van der Waals surface area (Å²) in [4.78, 5) is 0. The molecular formula is C49H32O. The molecule has 0 saturated heterocycles. The number of ether oxygens (including phenoxy) is 1. The van der Waals surface area contributed by atoms with Crippen LogP contribution in [0.2, 0.25) is 0 Å². The van der Waals surface area contributed by atoms with E-state index in [0.717, 1.165) is 22.6 Å². The summed E-state index contributed by atoms with van der Waals surface area (Å²) in [5.74, 6) is 1.84. The van der Waals surface area contributed by atoms with Crippen LogP contribution in [0.1, 0.15) is 45.9 Å². The third-order valence-electron chi connectivity index (χ3n) is 11.8. The summed E-state index contributed by atoms with van der Waals surface area (Å²) in [6, 6.07) is 64.9. The van der Waals surface area contributed by atoms with Gasteiger partial charge in [0, 0.05) is 22.1 Å². The predicted octanol–water partition coefficient (Wildman–Crippen LogP) is 12.3. The molecule has 0 bridgehead atoms. The third-order valence-corrected chi connectivity index (χ3v) is 11.8. The van der Waals surface area contributed by atoms with Crippen molar-refractivity contribution in [3.63, 3.8) is 0 Å². The number of benzene rings is 8. The molecule has 8 aromatic rings. The van der Waals surface area contributed by atoms with Gasteiger partial charge >= 0.3 is 0 Å². The second-order valence-electron chi connectivity index (χ2n) is 14.1. The summed E-state index contributed by atoms with van der Waals surface area (Å²) in [6.07, 6.45) is 0. The maximum atomic E-state index is 6.94. The van der Waals surface area contributed by atoms with E-state index in [9.17, 15) is 0 Å². The molecule has 1 atom stereocenters. The second kappa shape index (κ2) is 9.94. The number of para-hydroxylation sites is 2. The van der Waals surface area contributed by atoms with Crippen LogP contribution in [-0.4, -0.2) is 0 Å². The average molecular weight is 637 g/mol. The lowest BCUT2D eigenvalue weighted by Crippen LogP contribution is -2.29. The minimum atomic E-state index is -0.432. The Labute approximate surface area is 292 Å². The Balaban J connectivity index is 1.20. The maximum Gasteiger partial charge on any atom is 0.139 e. The van der Waals surface area contributed by atoms with Crippen LogP contribution in [0.3, 0.4) is 0 Å². The van der Waals surface area contributed by atoms with Crippen LogP contribution < -0.4 is 4.74 Å². The zero-order chi connectivity index (χ0) is 33.0. The Morgan fingerprint density at radius 1 is 0.380 bits per heavy atom. The van der Waals surface area contributed by atoms with Crippen LogP contribution in [0.25, 0.3) is 44.2 Å². The fraction of sp³-hybridized carbons (Fsp3) is 0.0612. The van der Waals surface area contributed by atoms with Gasteiger partial charge in [-0.3, -0.25) is 0 Å².